The summed E-state index contributed by atoms with van der Waals surface area (Å²) in [6.45, 7) is 3.45. The van der Waals surface area contributed by atoms with Gasteiger partial charge in [0.15, 0.2) is 0 Å². The van der Waals surface area contributed by atoms with Gasteiger partial charge in [0, 0.05) is 26.0 Å². The number of pyridine rings is 1. The summed E-state index contributed by atoms with van der Waals surface area (Å²) in [4.78, 5) is 4.01. The van der Waals surface area contributed by atoms with Crippen molar-refractivity contribution in [1.29, 1.82) is 0 Å². The maximum atomic E-state index is 5.75. The van der Waals surface area contributed by atoms with Crippen molar-refractivity contribution in [2.75, 3.05) is 6.61 Å². The SMILES string of the molecule is CCc1nn(C)c(COCCCc2ccncc2)c1Br. The Bertz CT molecular complexity index is 540. The summed E-state index contributed by atoms with van der Waals surface area (Å²) in [7, 11) is 1.96. The molecule has 0 aliphatic carbocycles. The standard InChI is InChI=1S/C15H20BrN3O/c1-3-13-15(16)14(19(2)18-13)11-20-10-4-5-12-6-8-17-9-7-12/h6-9H,3-5,10-11H2,1-2H3. The normalized spacial score (nSPS) is 10.9. The molecule has 108 valence electrons. The van der Waals surface area contributed by atoms with E-state index in [2.05, 4.69) is 32.9 Å². The first-order chi connectivity index (χ1) is 9.72. The molecule has 4 nitrogen and oxygen atoms in total. The van der Waals surface area contributed by atoms with Gasteiger partial charge in [-0.2, -0.15) is 5.10 Å². The molecule has 0 saturated carbocycles. The lowest BCUT2D eigenvalue weighted by Gasteiger charge is -2.05. The Morgan fingerprint density at radius 2 is 2.05 bits per heavy atom. The predicted octanol–water partition coefficient (Wildman–Crippen LogP) is 3.29. The number of rotatable bonds is 7. The van der Waals surface area contributed by atoms with Crippen LogP contribution in [0, 0.1) is 0 Å². The first kappa shape index (κ1) is 15.2. The summed E-state index contributed by atoms with van der Waals surface area (Å²) in [5.41, 5.74) is 3.49. The average molecular weight is 338 g/mol. The van der Waals surface area contributed by atoms with Crippen LogP contribution in [0.15, 0.2) is 29.0 Å². The molecule has 2 heterocycles. The van der Waals surface area contributed by atoms with Crippen LogP contribution >= 0.6 is 15.9 Å². The molecule has 2 aromatic rings. The van der Waals surface area contributed by atoms with Crippen molar-refractivity contribution in [1.82, 2.24) is 14.8 Å². The van der Waals surface area contributed by atoms with E-state index >= 15 is 0 Å². The third-order valence-corrected chi connectivity index (χ3v) is 4.16. The highest BCUT2D eigenvalue weighted by molar-refractivity contribution is 9.10. The number of hydrogen-bond donors (Lipinski definition) is 0. The summed E-state index contributed by atoms with van der Waals surface area (Å²) >= 11 is 3.60. The van der Waals surface area contributed by atoms with E-state index in [0.29, 0.717) is 6.61 Å². The van der Waals surface area contributed by atoms with Crippen molar-refractivity contribution in [2.24, 2.45) is 7.05 Å². The Hall–Kier alpha value is -1.20. The lowest BCUT2D eigenvalue weighted by molar-refractivity contribution is 0.113. The summed E-state index contributed by atoms with van der Waals surface area (Å²) in [6.07, 6.45) is 6.62. The van der Waals surface area contributed by atoms with Crippen molar-refractivity contribution in [3.63, 3.8) is 0 Å². The fourth-order valence-corrected chi connectivity index (χ4v) is 2.80. The average Bonchev–Trinajstić information content (AvgIpc) is 2.75. The highest BCUT2D eigenvalue weighted by Crippen LogP contribution is 2.22. The Balaban J connectivity index is 1.75. The van der Waals surface area contributed by atoms with Gasteiger partial charge >= 0.3 is 0 Å². The molecule has 0 unspecified atom stereocenters. The molecule has 0 bridgehead atoms. The number of hydrogen-bond acceptors (Lipinski definition) is 3. The van der Waals surface area contributed by atoms with Crippen LogP contribution in [0.2, 0.25) is 0 Å². The van der Waals surface area contributed by atoms with Crippen LogP contribution < -0.4 is 0 Å². The molecule has 5 heteroatoms. The lowest BCUT2D eigenvalue weighted by Crippen LogP contribution is -2.03. The number of aromatic nitrogens is 3. The molecule has 0 atom stereocenters. The fraction of sp³-hybridized carbons (Fsp3) is 0.467. The summed E-state index contributed by atoms with van der Waals surface area (Å²) in [5.74, 6) is 0. The second-order valence-electron chi connectivity index (χ2n) is 4.70. The number of halogens is 1. The van der Waals surface area contributed by atoms with Crippen molar-refractivity contribution < 1.29 is 4.74 Å². The van der Waals surface area contributed by atoms with E-state index in [-0.39, 0.29) is 0 Å². The minimum absolute atomic E-state index is 0.598. The third kappa shape index (κ3) is 3.90. The maximum absolute atomic E-state index is 5.75. The van der Waals surface area contributed by atoms with Gasteiger partial charge < -0.3 is 4.74 Å². The van der Waals surface area contributed by atoms with E-state index in [1.54, 1.807) is 0 Å². The predicted molar refractivity (Wildman–Crippen MR) is 82.5 cm³/mol. The zero-order valence-electron chi connectivity index (χ0n) is 12.0. The fourth-order valence-electron chi connectivity index (χ4n) is 2.07. The number of ether oxygens (including phenoxy) is 1. The van der Waals surface area contributed by atoms with Gasteiger partial charge in [-0.3, -0.25) is 9.67 Å². The monoisotopic (exact) mass is 337 g/mol. The van der Waals surface area contributed by atoms with Crippen LogP contribution in [0.3, 0.4) is 0 Å². The second kappa shape index (κ2) is 7.55. The van der Waals surface area contributed by atoms with Crippen LogP contribution in [0.4, 0.5) is 0 Å². The highest BCUT2D eigenvalue weighted by atomic mass is 79.9. The van der Waals surface area contributed by atoms with Gasteiger partial charge in [-0.15, -0.1) is 0 Å². The van der Waals surface area contributed by atoms with Gasteiger partial charge in [0.25, 0.3) is 0 Å². The van der Waals surface area contributed by atoms with Gasteiger partial charge in [-0.25, -0.2) is 0 Å². The lowest BCUT2D eigenvalue weighted by atomic mass is 10.1. The summed E-state index contributed by atoms with van der Waals surface area (Å²) in [5, 5.41) is 4.46. The molecule has 0 aromatic carbocycles. The quantitative estimate of drug-likeness (QED) is 0.728. The molecule has 0 radical (unpaired) electrons. The molecular formula is C15H20BrN3O. The molecule has 20 heavy (non-hydrogen) atoms. The minimum Gasteiger partial charge on any atom is -0.375 e. The molecule has 0 saturated heterocycles. The Morgan fingerprint density at radius 3 is 2.70 bits per heavy atom. The molecule has 0 N–H and O–H groups in total. The molecule has 0 spiro atoms. The Kier molecular flexibility index (Phi) is 5.73. The summed E-state index contributed by atoms with van der Waals surface area (Å²) < 4.78 is 8.73. The number of aryl methyl sites for hydroxylation is 3. The third-order valence-electron chi connectivity index (χ3n) is 3.25. The zero-order valence-corrected chi connectivity index (χ0v) is 13.6. The van der Waals surface area contributed by atoms with Gasteiger partial charge in [-0.05, 0) is 52.9 Å². The Labute approximate surface area is 128 Å². The van der Waals surface area contributed by atoms with E-state index in [9.17, 15) is 0 Å². The smallest absolute Gasteiger partial charge is 0.0896 e. The second-order valence-corrected chi connectivity index (χ2v) is 5.49. The van der Waals surface area contributed by atoms with Crippen LogP contribution in [0.1, 0.15) is 30.3 Å². The minimum atomic E-state index is 0.598. The molecule has 0 aliphatic heterocycles. The first-order valence-electron chi connectivity index (χ1n) is 6.89. The van der Waals surface area contributed by atoms with Crippen molar-refractivity contribution in [3.05, 3.63) is 46.0 Å². The van der Waals surface area contributed by atoms with Crippen molar-refractivity contribution >= 4 is 15.9 Å². The van der Waals surface area contributed by atoms with E-state index in [1.807, 2.05) is 36.3 Å². The van der Waals surface area contributed by atoms with Gasteiger partial charge in [0.05, 0.1) is 22.5 Å². The van der Waals surface area contributed by atoms with Crippen LogP contribution in [-0.2, 0) is 31.2 Å². The number of nitrogens with zero attached hydrogens (tertiary/aromatic N) is 3. The highest BCUT2D eigenvalue weighted by Gasteiger charge is 2.12. The largest absolute Gasteiger partial charge is 0.375 e. The van der Waals surface area contributed by atoms with E-state index in [0.717, 1.165) is 41.7 Å². The topological polar surface area (TPSA) is 39.9 Å². The van der Waals surface area contributed by atoms with Crippen molar-refractivity contribution in [2.45, 2.75) is 32.8 Å². The van der Waals surface area contributed by atoms with E-state index in [4.69, 9.17) is 4.74 Å². The molecule has 2 aromatic heterocycles. The van der Waals surface area contributed by atoms with Crippen LogP contribution in [-0.4, -0.2) is 21.4 Å². The van der Waals surface area contributed by atoms with Crippen molar-refractivity contribution in [3.8, 4) is 0 Å². The maximum Gasteiger partial charge on any atom is 0.0896 e. The van der Waals surface area contributed by atoms with Gasteiger partial charge in [-0.1, -0.05) is 6.92 Å². The molecular weight excluding hydrogens is 318 g/mol. The molecule has 2 rings (SSSR count). The first-order valence-corrected chi connectivity index (χ1v) is 7.68. The van der Waals surface area contributed by atoms with Gasteiger partial charge in [0.1, 0.15) is 0 Å². The van der Waals surface area contributed by atoms with Crippen LogP contribution in [0.25, 0.3) is 0 Å². The Morgan fingerprint density at radius 1 is 1.30 bits per heavy atom. The zero-order chi connectivity index (χ0) is 14.4. The van der Waals surface area contributed by atoms with E-state index in [1.165, 1.54) is 5.56 Å². The molecule has 0 aliphatic rings. The molecule has 0 fully saturated rings. The summed E-state index contributed by atoms with van der Waals surface area (Å²) in [6, 6.07) is 4.09. The molecule has 0 amide bonds. The van der Waals surface area contributed by atoms with Gasteiger partial charge in [0.2, 0.25) is 0 Å². The van der Waals surface area contributed by atoms with Crippen LogP contribution in [0.5, 0.6) is 0 Å². The van der Waals surface area contributed by atoms with E-state index < -0.39 is 0 Å².